The number of benzene rings is 6. The first-order chi connectivity index (χ1) is 31.4. The second-order valence-corrected chi connectivity index (χ2v) is 24.9. The Morgan fingerprint density at radius 3 is 1.76 bits per heavy atom. The van der Waals surface area contributed by atoms with Gasteiger partial charge in [-0.2, -0.15) is 13.2 Å². The minimum atomic E-state index is -4.62. The van der Waals surface area contributed by atoms with Crippen LogP contribution in [0.1, 0.15) is 141 Å². The predicted molar refractivity (Wildman–Crippen MR) is 280 cm³/mol. The Bertz CT molecular complexity index is 3200. The molecule has 0 bridgehead atoms. The van der Waals surface area contributed by atoms with E-state index in [0.717, 1.165) is 86.1 Å². The Balaban J connectivity index is 1.35. The van der Waals surface area contributed by atoms with Crippen LogP contribution in [0.2, 0.25) is 0 Å². The van der Waals surface area contributed by atoms with Gasteiger partial charge in [-0.15, -0.1) is 11.3 Å². The van der Waals surface area contributed by atoms with Crippen molar-refractivity contribution in [3.8, 4) is 11.1 Å². The summed E-state index contributed by atoms with van der Waals surface area (Å²) < 4.78 is 50.6. The first-order valence-electron chi connectivity index (χ1n) is 24.3. The number of thiophene rings is 1. The highest BCUT2D eigenvalue weighted by molar-refractivity contribution is 7.33. The van der Waals surface area contributed by atoms with Crippen molar-refractivity contribution in [1.82, 2.24) is 0 Å². The second kappa shape index (κ2) is 14.4. The van der Waals surface area contributed by atoms with Crippen molar-refractivity contribution < 1.29 is 13.2 Å². The molecule has 0 spiro atoms. The summed E-state index contributed by atoms with van der Waals surface area (Å²) >= 11 is 1.79. The standard InChI is InChI=1S/C60H62BF3N2S/c1-35-30-37(55(2,3)4)22-25-45(35)65-47-31-38(60(62,63)64)32-48-51(47)61(54-52(65)39-20-16-17-21-49(39)67-54)44-24-23-41-50(59(11,12)29-28-56(41,5)6)53(44)66(48)46-34-43-42(57(7,8)26-27-58(43,9)10)33-40(46)36-18-14-13-15-19-36/h13-25,30-34H,26-29H2,1-12H3. The summed E-state index contributed by atoms with van der Waals surface area (Å²) in [6, 6.07) is 38.1. The zero-order valence-corrected chi connectivity index (χ0v) is 42.1. The van der Waals surface area contributed by atoms with E-state index in [1.54, 1.807) is 11.3 Å². The second-order valence-electron chi connectivity index (χ2n) is 23.8. The van der Waals surface area contributed by atoms with Crippen LogP contribution in [0.5, 0.6) is 0 Å². The number of hydrogen-bond donors (Lipinski definition) is 0. The number of rotatable bonds is 3. The smallest absolute Gasteiger partial charge is 0.310 e. The topological polar surface area (TPSA) is 6.48 Å². The van der Waals surface area contributed by atoms with E-state index in [-0.39, 0.29) is 33.8 Å². The molecule has 7 aromatic rings. The summed E-state index contributed by atoms with van der Waals surface area (Å²) in [7, 11) is 0. The monoisotopic (exact) mass is 910 g/mol. The third-order valence-corrected chi connectivity index (χ3v) is 17.7. The molecule has 0 N–H and O–H groups in total. The molecule has 0 saturated carbocycles. The largest absolute Gasteiger partial charge is 0.416 e. The van der Waals surface area contributed by atoms with E-state index >= 15 is 13.2 Å². The fourth-order valence-corrected chi connectivity index (χ4v) is 13.6. The molecule has 0 saturated heterocycles. The molecule has 7 heteroatoms. The lowest BCUT2D eigenvalue weighted by Gasteiger charge is -2.50. The lowest BCUT2D eigenvalue weighted by atomic mass is 9.35. The van der Waals surface area contributed by atoms with Crippen molar-refractivity contribution in [2.75, 3.05) is 9.80 Å². The third-order valence-electron chi connectivity index (χ3n) is 16.4. The van der Waals surface area contributed by atoms with Crippen LogP contribution >= 0.6 is 11.3 Å². The van der Waals surface area contributed by atoms with Crippen LogP contribution < -0.4 is 25.5 Å². The SMILES string of the molecule is Cc1cc(C(C)(C)C)ccc1N1c2cc(C(F)(F)F)cc3c2B(c2ccc4c(c2N3c2cc3c(cc2-c2ccccc2)C(C)(C)CCC3(C)C)C(C)(C)CCC4(C)C)c2sc3ccccc3c21. The normalized spacial score (nSPS) is 18.5. The van der Waals surface area contributed by atoms with Crippen molar-refractivity contribution in [3.05, 3.63) is 148 Å². The zero-order chi connectivity index (χ0) is 47.5. The van der Waals surface area contributed by atoms with E-state index in [2.05, 4.69) is 184 Å². The van der Waals surface area contributed by atoms with Crippen molar-refractivity contribution >= 4 is 78.0 Å². The van der Waals surface area contributed by atoms with Gasteiger partial charge in [0.15, 0.2) is 0 Å². The van der Waals surface area contributed by atoms with Gasteiger partial charge in [0.05, 0.1) is 16.9 Å². The molecular formula is C60H62BF3N2S. The predicted octanol–water partition coefficient (Wildman–Crippen LogP) is 16.0. The third kappa shape index (κ3) is 6.63. The van der Waals surface area contributed by atoms with Crippen LogP contribution in [0, 0.1) is 6.92 Å². The van der Waals surface area contributed by atoms with Gasteiger partial charge in [-0.25, -0.2) is 0 Å². The number of alkyl halides is 3. The lowest BCUT2D eigenvalue weighted by molar-refractivity contribution is -0.137. The number of anilines is 6. The van der Waals surface area contributed by atoms with Gasteiger partial charge in [-0.3, -0.25) is 0 Å². The van der Waals surface area contributed by atoms with Gasteiger partial charge >= 0.3 is 6.18 Å². The van der Waals surface area contributed by atoms with Gasteiger partial charge in [0.25, 0.3) is 6.71 Å². The number of aryl methyl sites for hydroxylation is 1. The van der Waals surface area contributed by atoms with Crippen LogP contribution in [0.3, 0.4) is 0 Å². The van der Waals surface area contributed by atoms with Crippen LogP contribution in [0.25, 0.3) is 21.2 Å². The molecule has 67 heavy (non-hydrogen) atoms. The fraction of sp³-hybridized carbons (Fsp3) is 0.367. The molecule has 6 aromatic carbocycles. The van der Waals surface area contributed by atoms with E-state index in [0.29, 0.717) is 11.4 Å². The highest BCUT2D eigenvalue weighted by atomic mass is 32.1. The number of halogens is 3. The number of nitrogens with zero attached hydrogens (tertiary/aromatic N) is 2. The zero-order valence-electron chi connectivity index (χ0n) is 41.2. The van der Waals surface area contributed by atoms with E-state index < -0.39 is 11.7 Å². The highest BCUT2D eigenvalue weighted by Crippen LogP contribution is 2.58. The van der Waals surface area contributed by atoms with Crippen LogP contribution in [-0.4, -0.2) is 6.71 Å². The van der Waals surface area contributed by atoms with Gasteiger partial charge in [0.2, 0.25) is 0 Å². The van der Waals surface area contributed by atoms with Crippen LogP contribution in [-0.2, 0) is 33.3 Å². The van der Waals surface area contributed by atoms with Gasteiger partial charge in [-0.1, -0.05) is 149 Å². The minimum absolute atomic E-state index is 0.0865. The fourth-order valence-electron chi connectivity index (χ4n) is 12.3. The molecule has 342 valence electrons. The maximum Gasteiger partial charge on any atom is 0.416 e. The van der Waals surface area contributed by atoms with Gasteiger partial charge in [0.1, 0.15) is 0 Å². The molecule has 11 rings (SSSR count). The van der Waals surface area contributed by atoms with Crippen molar-refractivity contribution in [2.45, 2.75) is 142 Å². The molecule has 4 aliphatic rings. The molecular weight excluding hydrogens is 849 g/mol. The van der Waals surface area contributed by atoms with E-state index in [4.69, 9.17) is 0 Å². The lowest BCUT2D eigenvalue weighted by Crippen LogP contribution is -2.61. The van der Waals surface area contributed by atoms with E-state index in [9.17, 15) is 0 Å². The van der Waals surface area contributed by atoms with Gasteiger partial charge in [0, 0.05) is 43.2 Å². The number of hydrogen-bond acceptors (Lipinski definition) is 3. The number of fused-ring (bicyclic) bond motifs is 9. The first kappa shape index (κ1) is 44.3. The maximum absolute atomic E-state index is 16.1. The highest BCUT2D eigenvalue weighted by Gasteiger charge is 2.51. The van der Waals surface area contributed by atoms with E-state index in [1.165, 1.54) is 44.7 Å². The summed E-state index contributed by atoms with van der Waals surface area (Å²) in [5, 5.41) is 1.06. The quantitative estimate of drug-likeness (QED) is 0.163. The first-order valence-corrected chi connectivity index (χ1v) is 25.1. The van der Waals surface area contributed by atoms with Crippen molar-refractivity contribution in [3.63, 3.8) is 0 Å². The Morgan fingerprint density at radius 1 is 0.552 bits per heavy atom. The molecule has 2 aliphatic heterocycles. The van der Waals surface area contributed by atoms with Gasteiger partial charge in [-0.05, 0) is 146 Å². The molecule has 0 amide bonds. The molecule has 0 atom stereocenters. The van der Waals surface area contributed by atoms with Crippen LogP contribution in [0.15, 0.2) is 109 Å². The van der Waals surface area contributed by atoms with Crippen molar-refractivity contribution in [1.29, 1.82) is 0 Å². The molecule has 2 aliphatic carbocycles. The molecule has 3 heterocycles. The Kier molecular flexibility index (Phi) is 9.50. The summed E-state index contributed by atoms with van der Waals surface area (Å²) in [4.78, 5) is 4.54. The average Bonchev–Trinajstić information content (AvgIpc) is 3.65. The molecule has 2 nitrogen and oxygen atoms in total. The summed E-state index contributed by atoms with van der Waals surface area (Å²) in [5.41, 5.74) is 15.2. The maximum atomic E-state index is 16.1. The molecule has 0 fully saturated rings. The van der Waals surface area contributed by atoms with Crippen molar-refractivity contribution in [2.24, 2.45) is 0 Å². The molecule has 0 unspecified atom stereocenters. The average molecular weight is 911 g/mol. The summed E-state index contributed by atoms with van der Waals surface area (Å²) in [6.45, 7) is 27.3. The molecule has 0 radical (unpaired) electrons. The summed E-state index contributed by atoms with van der Waals surface area (Å²) in [6.07, 6.45) is -0.569. The minimum Gasteiger partial charge on any atom is -0.310 e. The summed E-state index contributed by atoms with van der Waals surface area (Å²) in [5.74, 6) is 0. The molecule has 1 aromatic heterocycles. The Labute approximate surface area is 400 Å². The Morgan fingerprint density at radius 2 is 1.13 bits per heavy atom. The van der Waals surface area contributed by atoms with Crippen LogP contribution in [0.4, 0.5) is 47.3 Å². The Hall–Kier alpha value is -5.27. The van der Waals surface area contributed by atoms with Gasteiger partial charge < -0.3 is 9.80 Å². The van der Waals surface area contributed by atoms with E-state index in [1.807, 2.05) is 6.07 Å².